The molecule has 6 heteroatoms. The highest BCUT2D eigenvalue weighted by atomic mass is 35.5. The van der Waals surface area contributed by atoms with E-state index in [-0.39, 0.29) is 6.04 Å². The maximum Gasteiger partial charge on any atom is 0.244 e. The number of hydrogen-bond donors (Lipinski definition) is 0. The quantitative estimate of drug-likeness (QED) is 0.798. The van der Waals surface area contributed by atoms with Crippen molar-refractivity contribution in [1.29, 1.82) is 0 Å². The van der Waals surface area contributed by atoms with Gasteiger partial charge < -0.3 is 0 Å². The van der Waals surface area contributed by atoms with Crippen molar-refractivity contribution in [3.63, 3.8) is 0 Å². The summed E-state index contributed by atoms with van der Waals surface area (Å²) in [7, 11) is -3.38. The molecular weight excluding hydrogens is 302 g/mol. The van der Waals surface area contributed by atoms with Crippen molar-refractivity contribution in [3.05, 3.63) is 15.8 Å². The zero-order valence-corrected chi connectivity index (χ0v) is 13.9. The summed E-state index contributed by atoms with van der Waals surface area (Å²) < 4.78 is 27.2. The van der Waals surface area contributed by atoms with Crippen LogP contribution in [0.4, 0.5) is 0 Å². The third-order valence-electron chi connectivity index (χ3n) is 3.70. The van der Waals surface area contributed by atoms with Crippen LogP contribution in [0, 0.1) is 12.8 Å². The molecule has 0 saturated carbocycles. The molecule has 0 N–H and O–H groups in total. The lowest BCUT2D eigenvalue weighted by atomic mass is 9.97. The maximum absolute atomic E-state index is 12.8. The molecule has 1 saturated heterocycles. The molecule has 1 aromatic heterocycles. The van der Waals surface area contributed by atoms with Gasteiger partial charge in [0.2, 0.25) is 10.0 Å². The van der Waals surface area contributed by atoms with E-state index in [2.05, 4.69) is 6.92 Å². The minimum absolute atomic E-state index is 0.0833. The van der Waals surface area contributed by atoms with Gasteiger partial charge in [0.05, 0.1) is 10.8 Å². The average Bonchev–Trinajstić information content (AvgIpc) is 2.74. The SMILES string of the molecule is Cc1sc(CCl)cc1S(=O)(=O)N1CC(C)CCC1C. The lowest BCUT2D eigenvalue weighted by molar-refractivity contribution is 0.218. The molecule has 0 aromatic carbocycles. The van der Waals surface area contributed by atoms with Gasteiger partial charge in [-0.1, -0.05) is 6.92 Å². The summed E-state index contributed by atoms with van der Waals surface area (Å²) in [5, 5.41) is 0. The van der Waals surface area contributed by atoms with Crippen LogP contribution in [0.1, 0.15) is 36.4 Å². The van der Waals surface area contributed by atoms with Crippen LogP contribution in [0.25, 0.3) is 0 Å². The fraction of sp³-hybridized carbons (Fsp3) is 0.692. The number of thiophene rings is 1. The fourth-order valence-electron chi connectivity index (χ4n) is 2.56. The summed E-state index contributed by atoms with van der Waals surface area (Å²) in [6.07, 6.45) is 2.04. The fourth-order valence-corrected chi connectivity index (χ4v) is 6.03. The van der Waals surface area contributed by atoms with Gasteiger partial charge in [-0.25, -0.2) is 8.42 Å². The summed E-state index contributed by atoms with van der Waals surface area (Å²) in [6, 6.07) is 1.81. The number of aryl methyl sites for hydroxylation is 1. The summed E-state index contributed by atoms with van der Waals surface area (Å²) in [5.74, 6) is 0.796. The van der Waals surface area contributed by atoms with Crippen molar-refractivity contribution in [1.82, 2.24) is 4.31 Å². The number of hydrogen-bond acceptors (Lipinski definition) is 3. The van der Waals surface area contributed by atoms with E-state index >= 15 is 0 Å². The van der Waals surface area contributed by atoms with Crippen molar-refractivity contribution in [2.45, 2.75) is 50.4 Å². The van der Waals surface area contributed by atoms with Crippen LogP contribution in [0.2, 0.25) is 0 Å². The van der Waals surface area contributed by atoms with Crippen LogP contribution in [0.3, 0.4) is 0 Å². The van der Waals surface area contributed by atoms with Crippen LogP contribution in [-0.4, -0.2) is 25.3 Å². The second kappa shape index (κ2) is 5.72. The first kappa shape index (κ1) is 15.3. The Kier molecular flexibility index (Phi) is 4.60. The average molecular weight is 322 g/mol. The molecule has 0 bridgehead atoms. The zero-order valence-electron chi connectivity index (χ0n) is 11.5. The standard InChI is InChI=1S/C13H20ClNO2S2/c1-9-4-5-10(2)15(8-9)19(16,17)13-6-12(7-14)18-11(13)3/h6,9-10H,4-5,7-8H2,1-3H3. The van der Waals surface area contributed by atoms with Gasteiger partial charge in [0.15, 0.2) is 0 Å². The zero-order chi connectivity index (χ0) is 14.2. The molecule has 0 amide bonds. The van der Waals surface area contributed by atoms with Crippen LogP contribution >= 0.6 is 22.9 Å². The molecule has 108 valence electrons. The van der Waals surface area contributed by atoms with Gasteiger partial charge >= 0.3 is 0 Å². The Morgan fingerprint density at radius 3 is 2.68 bits per heavy atom. The predicted molar refractivity (Wildman–Crippen MR) is 80.4 cm³/mol. The molecule has 0 aliphatic carbocycles. The molecule has 1 aliphatic heterocycles. The minimum atomic E-state index is -3.38. The Morgan fingerprint density at radius 1 is 1.42 bits per heavy atom. The van der Waals surface area contributed by atoms with Crippen molar-refractivity contribution in [2.24, 2.45) is 5.92 Å². The molecule has 3 nitrogen and oxygen atoms in total. The van der Waals surface area contributed by atoms with Gasteiger partial charge in [0.1, 0.15) is 0 Å². The highest BCUT2D eigenvalue weighted by molar-refractivity contribution is 7.89. The summed E-state index contributed by atoms with van der Waals surface area (Å²) in [5.41, 5.74) is 0. The molecule has 1 fully saturated rings. The molecule has 2 unspecified atom stereocenters. The predicted octanol–water partition coefficient (Wildman–Crippen LogP) is 3.60. The number of nitrogens with zero attached hydrogens (tertiary/aromatic N) is 1. The van der Waals surface area contributed by atoms with Gasteiger partial charge in [-0.3, -0.25) is 0 Å². The Bertz CT molecular complexity index is 553. The van der Waals surface area contributed by atoms with Crippen LogP contribution in [-0.2, 0) is 15.9 Å². The lowest BCUT2D eigenvalue weighted by Gasteiger charge is -2.35. The van der Waals surface area contributed by atoms with E-state index in [1.807, 2.05) is 13.8 Å². The first-order valence-electron chi connectivity index (χ1n) is 6.53. The smallest absolute Gasteiger partial charge is 0.207 e. The van der Waals surface area contributed by atoms with Crippen molar-refractivity contribution in [2.75, 3.05) is 6.54 Å². The molecular formula is C13H20ClNO2S2. The van der Waals surface area contributed by atoms with E-state index in [9.17, 15) is 8.42 Å². The van der Waals surface area contributed by atoms with Gasteiger partial charge in [-0.05, 0) is 38.7 Å². The third kappa shape index (κ3) is 2.99. The minimum Gasteiger partial charge on any atom is -0.207 e. The van der Waals surface area contributed by atoms with E-state index in [4.69, 9.17) is 11.6 Å². The van der Waals surface area contributed by atoms with Gasteiger partial charge in [-0.15, -0.1) is 22.9 Å². The van der Waals surface area contributed by atoms with E-state index in [0.717, 1.165) is 22.6 Å². The number of piperidine rings is 1. The van der Waals surface area contributed by atoms with Gasteiger partial charge in [-0.2, -0.15) is 4.31 Å². The first-order valence-corrected chi connectivity index (χ1v) is 9.32. The maximum atomic E-state index is 12.8. The summed E-state index contributed by atoms with van der Waals surface area (Å²) in [6.45, 7) is 6.58. The third-order valence-corrected chi connectivity index (χ3v) is 7.43. The highest BCUT2D eigenvalue weighted by Crippen LogP contribution is 2.33. The first-order chi connectivity index (χ1) is 8.86. The lowest BCUT2D eigenvalue weighted by Crippen LogP contribution is -2.44. The second-order valence-corrected chi connectivity index (χ2v) is 8.84. The Balaban J connectivity index is 2.37. The molecule has 2 atom stereocenters. The summed E-state index contributed by atoms with van der Waals surface area (Å²) >= 11 is 7.27. The molecule has 0 spiro atoms. The number of halogens is 1. The van der Waals surface area contributed by atoms with Crippen LogP contribution in [0.5, 0.6) is 0 Å². The van der Waals surface area contributed by atoms with Gasteiger partial charge in [0, 0.05) is 22.3 Å². The molecule has 1 aromatic rings. The summed E-state index contributed by atoms with van der Waals surface area (Å²) in [4.78, 5) is 2.19. The molecule has 0 radical (unpaired) electrons. The van der Waals surface area contributed by atoms with Crippen molar-refractivity contribution in [3.8, 4) is 0 Å². The highest BCUT2D eigenvalue weighted by Gasteiger charge is 2.35. The molecule has 19 heavy (non-hydrogen) atoms. The topological polar surface area (TPSA) is 37.4 Å². The largest absolute Gasteiger partial charge is 0.244 e. The molecule has 2 heterocycles. The van der Waals surface area contributed by atoms with E-state index in [0.29, 0.717) is 23.2 Å². The Hall–Kier alpha value is -0.100. The Labute approximate surface area is 124 Å². The number of sulfonamides is 1. The second-order valence-electron chi connectivity index (χ2n) is 5.37. The molecule has 1 aliphatic rings. The Morgan fingerprint density at radius 2 is 2.11 bits per heavy atom. The van der Waals surface area contributed by atoms with Crippen molar-refractivity contribution >= 4 is 33.0 Å². The van der Waals surface area contributed by atoms with Crippen LogP contribution < -0.4 is 0 Å². The van der Waals surface area contributed by atoms with E-state index < -0.39 is 10.0 Å². The monoisotopic (exact) mass is 321 g/mol. The number of alkyl halides is 1. The van der Waals surface area contributed by atoms with E-state index in [1.54, 1.807) is 10.4 Å². The van der Waals surface area contributed by atoms with Gasteiger partial charge in [0.25, 0.3) is 0 Å². The van der Waals surface area contributed by atoms with Crippen LogP contribution in [0.15, 0.2) is 11.0 Å². The normalized spacial score (nSPS) is 25.7. The van der Waals surface area contributed by atoms with Crippen molar-refractivity contribution < 1.29 is 8.42 Å². The molecule has 2 rings (SSSR count). The van der Waals surface area contributed by atoms with E-state index in [1.165, 1.54) is 11.3 Å². The number of rotatable bonds is 3.